The lowest BCUT2D eigenvalue weighted by atomic mass is 9.87. The van der Waals surface area contributed by atoms with Gasteiger partial charge in [0, 0.05) is 30.9 Å². The molecule has 1 saturated heterocycles. The zero-order chi connectivity index (χ0) is 9.97. The fourth-order valence-electron chi connectivity index (χ4n) is 2.67. The summed E-state index contributed by atoms with van der Waals surface area (Å²) in [6.45, 7) is 3.60. The highest BCUT2D eigenvalue weighted by Crippen LogP contribution is 2.31. The van der Waals surface area contributed by atoms with Crippen molar-refractivity contribution in [2.24, 2.45) is 11.7 Å². The molecule has 0 radical (unpaired) electrons. The predicted octanol–water partition coefficient (Wildman–Crippen LogP) is 1.55. The third-order valence-electron chi connectivity index (χ3n) is 3.63. The molecule has 2 aliphatic rings. The van der Waals surface area contributed by atoms with Crippen molar-refractivity contribution in [3.63, 3.8) is 0 Å². The van der Waals surface area contributed by atoms with Crippen LogP contribution in [0.3, 0.4) is 0 Å². The van der Waals surface area contributed by atoms with E-state index in [0.29, 0.717) is 6.04 Å². The molecule has 82 valence electrons. The van der Waals surface area contributed by atoms with E-state index >= 15 is 0 Å². The Kier molecular flexibility index (Phi) is 3.74. The van der Waals surface area contributed by atoms with Gasteiger partial charge in [0.1, 0.15) is 0 Å². The Bertz CT molecular complexity index is 172. The molecule has 0 spiro atoms. The minimum Gasteiger partial charge on any atom is -0.325 e. The van der Waals surface area contributed by atoms with E-state index in [0.717, 1.165) is 24.3 Å². The van der Waals surface area contributed by atoms with E-state index in [1.807, 2.05) is 0 Å². The Hall–Kier alpha value is 0.270. The summed E-state index contributed by atoms with van der Waals surface area (Å²) in [7, 11) is 0. The maximum absolute atomic E-state index is 5.77. The van der Waals surface area contributed by atoms with Crippen LogP contribution in [0.2, 0.25) is 0 Å². The molecular weight excluding hydrogens is 192 g/mol. The van der Waals surface area contributed by atoms with E-state index in [2.05, 4.69) is 22.9 Å². The number of thioether (sulfide) groups is 1. The van der Waals surface area contributed by atoms with Crippen molar-refractivity contribution in [2.45, 2.75) is 37.0 Å². The summed E-state index contributed by atoms with van der Waals surface area (Å²) in [4.78, 5) is 2.52. The number of hydrogen-bond acceptors (Lipinski definition) is 3. The van der Waals surface area contributed by atoms with E-state index < -0.39 is 0 Å². The minimum atomic E-state index is 0.470. The predicted molar refractivity (Wildman–Crippen MR) is 63.7 cm³/mol. The topological polar surface area (TPSA) is 29.3 Å². The van der Waals surface area contributed by atoms with Crippen molar-refractivity contribution in [3.8, 4) is 0 Å². The molecule has 2 fully saturated rings. The van der Waals surface area contributed by atoms with Crippen molar-refractivity contribution in [2.75, 3.05) is 25.9 Å². The maximum Gasteiger partial charge on any atom is 0.0297 e. The van der Waals surface area contributed by atoms with Crippen molar-refractivity contribution in [1.29, 1.82) is 0 Å². The first kappa shape index (κ1) is 10.8. The van der Waals surface area contributed by atoms with Gasteiger partial charge in [-0.2, -0.15) is 11.8 Å². The number of likely N-dealkylation sites (tertiary alicyclic amines) is 1. The zero-order valence-electron chi connectivity index (χ0n) is 9.11. The van der Waals surface area contributed by atoms with Crippen LogP contribution in [0.1, 0.15) is 25.7 Å². The molecule has 14 heavy (non-hydrogen) atoms. The van der Waals surface area contributed by atoms with E-state index in [9.17, 15) is 0 Å². The molecule has 2 nitrogen and oxygen atoms in total. The number of nitrogens with zero attached hydrogens (tertiary/aromatic N) is 1. The Morgan fingerprint density at radius 3 is 2.36 bits per heavy atom. The van der Waals surface area contributed by atoms with Crippen LogP contribution in [0.25, 0.3) is 0 Å². The van der Waals surface area contributed by atoms with Gasteiger partial charge in [0.2, 0.25) is 0 Å². The van der Waals surface area contributed by atoms with Crippen molar-refractivity contribution in [3.05, 3.63) is 0 Å². The van der Waals surface area contributed by atoms with Crippen LogP contribution in [0.15, 0.2) is 0 Å². The first-order valence-electron chi connectivity index (χ1n) is 5.78. The number of hydrogen-bond donors (Lipinski definition) is 1. The summed E-state index contributed by atoms with van der Waals surface area (Å²) >= 11 is 2.05. The number of rotatable bonds is 3. The molecule has 2 rings (SSSR count). The third kappa shape index (κ3) is 2.65. The smallest absolute Gasteiger partial charge is 0.0297 e. The molecule has 0 bridgehead atoms. The van der Waals surface area contributed by atoms with Gasteiger partial charge in [-0.25, -0.2) is 0 Å². The third-order valence-corrected chi connectivity index (χ3v) is 4.77. The van der Waals surface area contributed by atoms with Crippen LogP contribution >= 0.6 is 11.8 Å². The lowest BCUT2D eigenvalue weighted by Gasteiger charge is -2.40. The van der Waals surface area contributed by atoms with Gasteiger partial charge in [0.05, 0.1) is 0 Å². The van der Waals surface area contributed by atoms with Crippen LogP contribution in [0.4, 0.5) is 0 Å². The van der Waals surface area contributed by atoms with Crippen LogP contribution < -0.4 is 5.73 Å². The van der Waals surface area contributed by atoms with Gasteiger partial charge in [0.15, 0.2) is 0 Å². The second-order valence-corrected chi connectivity index (χ2v) is 6.00. The van der Waals surface area contributed by atoms with E-state index in [4.69, 9.17) is 5.73 Å². The van der Waals surface area contributed by atoms with Gasteiger partial charge < -0.3 is 5.73 Å². The Morgan fingerprint density at radius 2 is 1.86 bits per heavy atom. The normalized spacial score (nSPS) is 35.6. The van der Waals surface area contributed by atoms with E-state index in [-0.39, 0.29) is 0 Å². The average Bonchev–Trinajstić information content (AvgIpc) is 2.17. The molecular formula is C11H22N2S. The Balaban J connectivity index is 1.64. The highest BCUT2D eigenvalue weighted by molar-refractivity contribution is 7.99. The minimum absolute atomic E-state index is 0.470. The summed E-state index contributed by atoms with van der Waals surface area (Å²) in [6, 6.07) is 0.470. The van der Waals surface area contributed by atoms with Gasteiger partial charge in [-0.05, 0) is 37.9 Å². The SMILES string of the molecule is CSC1CCC(CN2CC(N)C2)CC1. The molecule has 0 amide bonds. The molecule has 0 aromatic rings. The molecule has 2 N–H and O–H groups in total. The van der Waals surface area contributed by atoms with Gasteiger partial charge in [-0.1, -0.05) is 0 Å². The van der Waals surface area contributed by atoms with Gasteiger partial charge in [0.25, 0.3) is 0 Å². The second-order valence-electron chi connectivity index (χ2n) is 4.86. The Morgan fingerprint density at radius 1 is 1.21 bits per heavy atom. The van der Waals surface area contributed by atoms with Crippen LogP contribution in [-0.4, -0.2) is 42.1 Å². The molecule has 0 aromatic heterocycles. The second kappa shape index (κ2) is 4.86. The van der Waals surface area contributed by atoms with Gasteiger partial charge in [-0.3, -0.25) is 4.90 Å². The highest BCUT2D eigenvalue weighted by atomic mass is 32.2. The highest BCUT2D eigenvalue weighted by Gasteiger charge is 2.27. The van der Waals surface area contributed by atoms with E-state index in [1.54, 1.807) is 0 Å². The van der Waals surface area contributed by atoms with Gasteiger partial charge in [-0.15, -0.1) is 0 Å². The van der Waals surface area contributed by atoms with Crippen LogP contribution in [0.5, 0.6) is 0 Å². The molecule has 0 aromatic carbocycles. The summed E-state index contributed by atoms with van der Waals surface area (Å²) < 4.78 is 0. The summed E-state index contributed by atoms with van der Waals surface area (Å²) in [5.74, 6) is 0.964. The van der Waals surface area contributed by atoms with Gasteiger partial charge >= 0.3 is 0 Å². The lowest BCUT2D eigenvalue weighted by molar-refractivity contribution is 0.114. The fourth-order valence-corrected chi connectivity index (χ4v) is 3.42. The summed E-state index contributed by atoms with van der Waals surface area (Å²) in [6.07, 6.45) is 8.01. The molecule has 1 aliphatic carbocycles. The van der Waals surface area contributed by atoms with Crippen molar-refractivity contribution in [1.82, 2.24) is 4.90 Å². The summed E-state index contributed by atoms with van der Waals surface area (Å²) in [5, 5.41) is 0.949. The standard InChI is InChI=1S/C11H22N2S/c1-14-11-4-2-9(3-5-11)6-13-7-10(12)8-13/h9-11H,2-8,12H2,1H3. The zero-order valence-corrected chi connectivity index (χ0v) is 9.93. The Labute approximate surface area is 91.6 Å². The first-order valence-corrected chi connectivity index (χ1v) is 7.07. The molecule has 1 heterocycles. The fraction of sp³-hybridized carbons (Fsp3) is 1.00. The van der Waals surface area contributed by atoms with E-state index in [1.165, 1.54) is 32.2 Å². The maximum atomic E-state index is 5.77. The quantitative estimate of drug-likeness (QED) is 0.773. The lowest BCUT2D eigenvalue weighted by Crippen LogP contribution is -2.56. The van der Waals surface area contributed by atoms with Crippen LogP contribution in [0, 0.1) is 5.92 Å². The summed E-state index contributed by atoms with van der Waals surface area (Å²) in [5.41, 5.74) is 5.77. The van der Waals surface area contributed by atoms with Crippen molar-refractivity contribution < 1.29 is 0 Å². The van der Waals surface area contributed by atoms with Crippen molar-refractivity contribution >= 4 is 11.8 Å². The first-order chi connectivity index (χ1) is 6.78. The molecule has 1 saturated carbocycles. The van der Waals surface area contributed by atoms with Crippen LogP contribution in [-0.2, 0) is 0 Å². The number of nitrogens with two attached hydrogens (primary N) is 1. The monoisotopic (exact) mass is 214 g/mol. The largest absolute Gasteiger partial charge is 0.325 e. The average molecular weight is 214 g/mol. The molecule has 0 atom stereocenters. The molecule has 1 aliphatic heterocycles. The molecule has 3 heteroatoms. The molecule has 0 unspecified atom stereocenters.